The number of ketones is 1. The molecule has 1 N–H and O–H groups in total. The van der Waals surface area contributed by atoms with E-state index < -0.39 is 29.5 Å². The molecule has 0 aliphatic carbocycles. The van der Waals surface area contributed by atoms with Gasteiger partial charge >= 0.3 is 5.97 Å². The van der Waals surface area contributed by atoms with Gasteiger partial charge in [0, 0.05) is 10.7 Å². The van der Waals surface area contributed by atoms with Gasteiger partial charge in [0.2, 0.25) is 0 Å². The minimum atomic E-state index is -0.957. The van der Waals surface area contributed by atoms with E-state index in [0.29, 0.717) is 27.6 Å². The van der Waals surface area contributed by atoms with Crippen LogP contribution in [0.15, 0.2) is 72.3 Å². The average molecular weight is 522 g/mol. The first-order chi connectivity index (χ1) is 17.8. The number of hydrogen-bond donors (Lipinski definition) is 1. The van der Waals surface area contributed by atoms with E-state index in [1.165, 1.54) is 32.3 Å². The minimum absolute atomic E-state index is 0.0616. The van der Waals surface area contributed by atoms with Crippen molar-refractivity contribution in [1.82, 2.24) is 0 Å². The first-order valence-electron chi connectivity index (χ1n) is 11.2. The van der Waals surface area contributed by atoms with E-state index in [9.17, 15) is 19.5 Å². The normalized spacial score (nSPS) is 16.5. The zero-order chi connectivity index (χ0) is 26.7. The number of aliphatic hydroxyl groups is 1. The van der Waals surface area contributed by atoms with Crippen LogP contribution in [0, 0.1) is 0 Å². The predicted octanol–water partition coefficient (Wildman–Crippen LogP) is 4.70. The van der Waals surface area contributed by atoms with E-state index in [1.807, 2.05) is 0 Å². The molecule has 1 heterocycles. The fourth-order valence-corrected chi connectivity index (χ4v) is 4.40. The molecule has 0 bridgehead atoms. The molecule has 0 radical (unpaired) electrons. The van der Waals surface area contributed by atoms with Gasteiger partial charge in [-0.1, -0.05) is 35.9 Å². The van der Waals surface area contributed by atoms with Crippen molar-refractivity contribution in [2.75, 3.05) is 26.2 Å². The SMILES string of the molecule is COC(=O)Cc1ccc(N2C(=O)C(=O)/C(=C(/O)c3cc(Cl)ccc3OC)C2c2ccc(OC)cc2)cc1. The van der Waals surface area contributed by atoms with Gasteiger partial charge < -0.3 is 19.3 Å². The second kappa shape index (κ2) is 10.8. The molecule has 1 atom stereocenters. The Hall–Kier alpha value is -4.30. The third-order valence-electron chi connectivity index (χ3n) is 6.08. The largest absolute Gasteiger partial charge is 0.507 e. The Morgan fingerprint density at radius 2 is 1.62 bits per heavy atom. The fraction of sp³-hybridized carbons (Fsp3) is 0.179. The van der Waals surface area contributed by atoms with E-state index >= 15 is 0 Å². The molecule has 3 aromatic carbocycles. The van der Waals surface area contributed by atoms with E-state index in [2.05, 4.69) is 0 Å². The van der Waals surface area contributed by atoms with Gasteiger partial charge in [0.25, 0.3) is 11.7 Å². The summed E-state index contributed by atoms with van der Waals surface area (Å²) in [5.74, 6) is -1.62. The lowest BCUT2D eigenvalue weighted by molar-refractivity contribution is -0.139. The van der Waals surface area contributed by atoms with Crippen molar-refractivity contribution in [3.05, 3.63) is 94.0 Å². The number of methoxy groups -OCH3 is 3. The lowest BCUT2D eigenvalue weighted by Crippen LogP contribution is -2.29. The van der Waals surface area contributed by atoms with Gasteiger partial charge in [-0.2, -0.15) is 0 Å². The van der Waals surface area contributed by atoms with Crippen molar-refractivity contribution in [2.24, 2.45) is 0 Å². The predicted molar refractivity (Wildman–Crippen MR) is 138 cm³/mol. The lowest BCUT2D eigenvalue weighted by atomic mass is 9.94. The molecule has 1 saturated heterocycles. The molecule has 1 unspecified atom stereocenters. The standard InChI is InChI=1S/C28H24ClNO7/c1-35-20-11-6-17(7-12-20)25-24(26(32)21-15-18(29)8-13-22(21)36-2)27(33)28(34)30(25)19-9-4-16(5-10-19)14-23(31)37-3/h4-13,15,25,32H,14H2,1-3H3/b26-24+. The van der Waals surface area contributed by atoms with Crippen molar-refractivity contribution >= 4 is 40.7 Å². The molecule has 0 saturated carbocycles. The Morgan fingerprint density at radius 1 is 0.946 bits per heavy atom. The Labute approximate surface area is 218 Å². The average Bonchev–Trinajstić information content (AvgIpc) is 3.18. The minimum Gasteiger partial charge on any atom is -0.507 e. The number of amides is 1. The second-order valence-electron chi connectivity index (χ2n) is 8.21. The molecule has 1 aliphatic rings. The molecule has 190 valence electrons. The number of ether oxygens (including phenoxy) is 3. The first-order valence-corrected chi connectivity index (χ1v) is 11.6. The maximum absolute atomic E-state index is 13.4. The Balaban J connectivity index is 1.89. The van der Waals surface area contributed by atoms with Crippen molar-refractivity contribution < 1.29 is 33.7 Å². The van der Waals surface area contributed by atoms with Gasteiger partial charge in [-0.25, -0.2) is 0 Å². The van der Waals surface area contributed by atoms with Crippen LogP contribution in [0.2, 0.25) is 5.02 Å². The number of Topliss-reactive ketones (excluding diaryl/α,β-unsaturated/α-hetero) is 1. The van der Waals surface area contributed by atoms with E-state index in [1.54, 1.807) is 60.7 Å². The molecule has 1 amide bonds. The molecule has 37 heavy (non-hydrogen) atoms. The summed E-state index contributed by atoms with van der Waals surface area (Å²) in [4.78, 5) is 39.7. The number of aliphatic hydroxyl groups excluding tert-OH is 1. The fourth-order valence-electron chi connectivity index (χ4n) is 4.22. The summed E-state index contributed by atoms with van der Waals surface area (Å²) < 4.78 is 15.3. The van der Waals surface area contributed by atoms with Crippen LogP contribution in [0.25, 0.3) is 5.76 Å². The molecule has 0 aromatic heterocycles. The Morgan fingerprint density at radius 3 is 2.22 bits per heavy atom. The highest BCUT2D eigenvalue weighted by molar-refractivity contribution is 6.51. The van der Waals surface area contributed by atoms with Crippen LogP contribution in [0.1, 0.15) is 22.7 Å². The molecule has 3 aromatic rings. The summed E-state index contributed by atoms with van der Waals surface area (Å²) in [6.45, 7) is 0. The molecular formula is C28H24ClNO7. The van der Waals surface area contributed by atoms with Crippen molar-refractivity contribution in [1.29, 1.82) is 0 Å². The van der Waals surface area contributed by atoms with Crippen molar-refractivity contribution in [3.63, 3.8) is 0 Å². The van der Waals surface area contributed by atoms with Crippen LogP contribution in [0.4, 0.5) is 5.69 Å². The van der Waals surface area contributed by atoms with Gasteiger partial charge in [-0.3, -0.25) is 19.3 Å². The van der Waals surface area contributed by atoms with E-state index in [-0.39, 0.29) is 23.3 Å². The van der Waals surface area contributed by atoms with Gasteiger partial charge in [0.05, 0.1) is 44.9 Å². The molecule has 8 nitrogen and oxygen atoms in total. The lowest BCUT2D eigenvalue weighted by Gasteiger charge is -2.26. The van der Waals surface area contributed by atoms with Crippen LogP contribution in [0.3, 0.4) is 0 Å². The number of benzene rings is 3. The maximum Gasteiger partial charge on any atom is 0.309 e. The number of halogens is 1. The highest BCUT2D eigenvalue weighted by Crippen LogP contribution is 2.44. The van der Waals surface area contributed by atoms with Crippen LogP contribution < -0.4 is 14.4 Å². The molecule has 9 heteroatoms. The Bertz CT molecular complexity index is 1380. The van der Waals surface area contributed by atoms with Crippen molar-refractivity contribution in [2.45, 2.75) is 12.5 Å². The van der Waals surface area contributed by atoms with Crippen molar-refractivity contribution in [3.8, 4) is 11.5 Å². The summed E-state index contributed by atoms with van der Waals surface area (Å²) in [5.41, 5.74) is 1.72. The van der Waals surface area contributed by atoms with Crippen LogP contribution >= 0.6 is 11.6 Å². The van der Waals surface area contributed by atoms with Crippen LogP contribution in [-0.4, -0.2) is 44.1 Å². The third kappa shape index (κ3) is 5.01. The van der Waals surface area contributed by atoms with E-state index in [4.69, 9.17) is 25.8 Å². The molecular weight excluding hydrogens is 498 g/mol. The Kier molecular flexibility index (Phi) is 7.50. The summed E-state index contributed by atoms with van der Waals surface area (Å²) in [5, 5.41) is 11.7. The van der Waals surface area contributed by atoms with Gasteiger partial charge in [0.1, 0.15) is 17.3 Å². The quantitative estimate of drug-likeness (QED) is 0.208. The number of nitrogens with zero attached hydrogens (tertiary/aromatic N) is 1. The number of carbonyl (C=O) groups excluding carboxylic acids is 3. The second-order valence-corrected chi connectivity index (χ2v) is 8.64. The zero-order valence-corrected chi connectivity index (χ0v) is 21.1. The smallest absolute Gasteiger partial charge is 0.309 e. The summed E-state index contributed by atoms with van der Waals surface area (Å²) in [6.07, 6.45) is 0.0616. The van der Waals surface area contributed by atoms with E-state index in [0.717, 1.165) is 0 Å². The number of carbonyl (C=O) groups is 3. The summed E-state index contributed by atoms with van der Waals surface area (Å²) in [6, 6.07) is 17.1. The topological polar surface area (TPSA) is 102 Å². The summed E-state index contributed by atoms with van der Waals surface area (Å²) >= 11 is 6.16. The van der Waals surface area contributed by atoms with Gasteiger partial charge in [-0.15, -0.1) is 0 Å². The highest BCUT2D eigenvalue weighted by Gasteiger charge is 2.47. The first kappa shape index (κ1) is 25.8. The van der Waals surface area contributed by atoms with Crippen LogP contribution in [0.5, 0.6) is 11.5 Å². The highest BCUT2D eigenvalue weighted by atomic mass is 35.5. The summed E-state index contributed by atoms with van der Waals surface area (Å²) in [7, 11) is 4.26. The third-order valence-corrected chi connectivity index (χ3v) is 6.32. The zero-order valence-electron chi connectivity index (χ0n) is 20.4. The molecule has 0 spiro atoms. The number of hydrogen-bond acceptors (Lipinski definition) is 7. The molecule has 1 fully saturated rings. The van der Waals surface area contributed by atoms with Gasteiger partial charge in [-0.05, 0) is 53.6 Å². The molecule has 4 rings (SSSR count). The molecule has 1 aliphatic heterocycles. The maximum atomic E-state index is 13.4. The number of rotatable bonds is 7. The van der Waals surface area contributed by atoms with Crippen LogP contribution in [-0.2, 0) is 25.5 Å². The number of anilines is 1. The monoisotopic (exact) mass is 521 g/mol. The van der Waals surface area contributed by atoms with Gasteiger partial charge in [0.15, 0.2) is 0 Å². The number of esters is 1.